The van der Waals surface area contributed by atoms with Gasteiger partial charge in [0.05, 0.1) is 18.0 Å². The van der Waals surface area contributed by atoms with E-state index in [0.717, 1.165) is 17.7 Å². The number of halogens is 1. The van der Waals surface area contributed by atoms with Gasteiger partial charge in [0.2, 0.25) is 0 Å². The molecule has 25 heavy (non-hydrogen) atoms. The molecule has 2 rings (SSSR count). The maximum absolute atomic E-state index is 14.1. The Labute approximate surface area is 150 Å². The molecular formula is C21H29FN2O. The number of aliphatic hydroxyl groups is 1. The van der Waals surface area contributed by atoms with Crippen molar-refractivity contribution in [1.82, 2.24) is 10.3 Å². The Balaban J connectivity index is 2.15. The predicted molar refractivity (Wildman–Crippen MR) is 101 cm³/mol. The Hall–Kier alpha value is -1.78. The third-order valence-corrected chi connectivity index (χ3v) is 4.35. The van der Waals surface area contributed by atoms with Crippen molar-refractivity contribution in [3.63, 3.8) is 0 Å². The Kier molecular flexibility index (Phi) is 7.09. The Morgan fingerprint density at radius 2 is 1.72 bits per heavy atom. The molecule has 1 aromatic carbocycles. The first-order valence-electron chi connectivity index (χ1n) is 8.99. The minimum Gasteiger partial charge on any atom is -0.395 e. The van der Waals surface area contributed by atoms with E-state index in [4.69, 9.17) is 0 Å². The second-order valence-corrected chi connectivity index (χ2v) is 7.33. The summed E-state index contributed by atoms with van der Waals surface area (Å²) < 4.78 is 14.1. The molecular weight excluding hydrogens is 315 g/mol. The standard InChI is InChI=1S/C21H29FN2O/c1-14(2)11-16-5-7-17(8-6-16)19-10-9-18(22)20(24-19)12-23-21(13-25)15(3)4/h5-10,14-15,21,23,25H,11-13H2,1-4H3/t21-/m0/s1. The average molecular weight is 344 g/mol. The molecule has 2 aromatic rings. The first-order valence-corrected chi connectivity index (χ1v) is 8.99. The summed E-state index contributed by atoms with van der Waals surface area (Å²) in [5, 5.41) is 12.6. The van der Waals surface area contributed by atoms with Gasteiger partial charge in [-0.1, -0.05) is 52.0 Å². The third kappa shape index (κ3) is 5.62. The minimum atomic E-state index is -0.326. The number of nitrogens with zero attached hydrogens (tertiary/aromatic N) is 1. The van der Waals surface area contributed by atoms with Crippen molar-refractivity contribution in [3.05, 3.63) is 53.5 Å². The van der Waals surface area contributed by atoms with Crippen molar-refractivity contribution < 1.29 is 9.50 Å². The van der Waals surface area contributed by atoms with Gasteiger partial charge in [0.25, 0.3) is 0 Å². The van der Waals surface area contributed by atoms with E-state index in [1.807, 2.05) is 26.0 Å². The highest BCUT2D eigenvalue weighted by Gasteiger charge is 2.14. The van der Waals surface area contributed by atoms with Gasteiger partial charge in [0.15, 0.2) is 0 Å². The highest BCUT2D eigenvalue weighted by atomic mass is 19.1. The van der Waals surface area contributed by atoms with E-state index in [1.54, 1.807) is 6.07 Å². The number of nitrogens with one attached hydrogen (secondary N) is 1. The number of aliphatic hydroxyl groups excluding tert-OH is 1. The normalized spacial score (nSPS) is 12.8. The van der Waals surface area contributed by atoms with Crippen molar-refractivity contribution in [2.75, 3.05) is 6.61 Å². The first kappa shape index (κ1) is 19.5. The van der Waals surface area contributed by atoms with Crippen LogP contribution in [0.4, 0.5) is 4.39 Å². The van der Waals surface area contributed by atoms with Crippen LogP contribution in [0.25, 0.3) is 11.3 Å². The van der Waals surface area contributed by atoms with Crippen LogP contribution in [0.1, 0.15) is 39.0 Å². The van der Waals surface area contributed by atoms with E-state index in [2.05, 4.69) is 36.3 Å². The average Bonchev–Trinajstić information content (AvgIpc) is 2.57. The fourth-order valence-electron chi connectivity index (χ4n) is 2.79. The molecule has 0 unspecified atom stereocenters. The van der Waals surface area contributed by atoms with Crippen LogP contribution in [0.15, 0.2) is 36.4 Å². The van der Waals surface area contributed by atoms with E-state index in [-0.39, 0.29) is 24.4 Å². The summed E-state index contributed by atoms with van der Waals surface area (Å²) in [4.78, 5) is 4.48. The van der Waals surface area contributed by atoms with E-state index in [1.165, 1.54) is 11.6 Å². The summed E-state index contributed by atoms with van der Waals surface area (Å²) in [5.74, 6) is 0.561. The second-order valence-electron chi connectivity index (χ2n) is 7.33. The lowest BCUT2D eigenvalue weighted by Crippen LogP contribution is -2.36. The number of rotatable bonds is 8. The Morgan fingerprint density at radius 3 is 2.28 bits per heavy atom. The molecule has 136 valence electrons. The van der Waals surface area contributed by atoms with Gasteiger partial charge in [-0.15, -0.1) is 0 Å². The van der Waals surface area contributed by atoms with Crippen molar-refractivity contribution in [2.45, 2.75) is 46.7 Å². The molecule has 0 radical (unpaired) electrons. The SMILES string of the molecule is CC(C)Cc1ccc(-c2ccc(F)c(CN[C@@H](CO)C(C)C)n2)cc1. The first-order chi connectivity index (χ1) is 11.9. The summed E-state index contributed by atoms with van der Waals surface area (Å²) in [6.45, 7) is 8.77. The van der Waals surface area contributed by atoms with Crippen LogP contribution in [0.2, 0.25) is 0 Å². The molecule has 0 saturated carbocycles. The minimum absolute atomic E-state index is 0.0241. The quantitative estimate of drug-likeness (QED) is 0.755. The van der Waals surface area contributed by atoms with Gasteiger partial charge < -0.3 is 10.4 Å². The van der Waals surface area contributed by atoms with Gasteiger partial charge in [-0.2, -0.15) is 0 Å². The van der Waals surface area contributed by atoms with Crippen LogP contribution in [-0.2, 0) is 13.0 Å². The zero-order valence-electron chi connectivity index (χ0n) is 15.6. The number of benzene rings is 1. The van der Waals surface area contributed by atoms with Crippen LogP contribution < -0.4 is 5.32 Å². The van der Waals surface area contributed by atoms with Gasteiger partial charge in [-0.05, 0) is 36.0 Å². The van der Waals surface area contributed by atoms with Crippen molar-refractivity contribution in [1.29, 1.82) is 0 Å². The Morgan fingerprint density at radius 1 is 1.04 bits per heavy atom. The number of hydrogen-bond donors (Lipinski definition) is 2. The van der Waals surface area contributed by atoms with Crippen LogP contribution in [-0.4, -0.2) is 22.7 Å². The lowest BCUT2D eigenvalue weighted by molar-refractivity contribution is 0.209. The zero-order chi connectivity index (χ0) is 18.4. The molecule has 0 spiro atoms. The molecule has 1 heterocycles. The van der Waals surface area contributed by atoms with E-state index in [0.29, 0.717) is 18.2 Å². The molecule has 0 saturated heterocycles. The molecule has 4 heteroatoms. The van der Waals surface area contributed by atoms with Crippen molar-refractivity contribution in [2.24, 2.45) is 11.8 Å². The largest absolute Gasteiger partial charge is 0.395 e. The topological polar surface area (TPSA) is 45.1 Å². The zero-order valence-corrected chi connectivity index (χ0v) is 15.6. The molecule has 2 N–H and O–H groups in total. The molecule has 0 fully saturated rings. The third-order valence-electron chi connectivity index (χ3n) is 4.35. The highest BCUT2D eigenvalue weighted by molar-refractivity contribution is 5.59. The summed E-state index contributed by atoms with van der Waals surface area (Å²) in [5.41, 5.74) is 3.42. The summed E-state index contributed by atoms with van der Waals surface area (Å²) in [7, 11) is 0. The second kappa shape index (κ2) is 9.07. The maximum atomic E-state index is 14.1. The van der Waals surface area contributed by atoms with E-state index < -0.39 is 0 Å². The lowest BCUT2D eigenvalue weighted by Gasteiger charge is -2.20. The monoisotopic (exact) mass is 344 g/mol. The molecule has 0 bridgehead atoms. The smallest absolute Gasteiger partial charge is 0.146 e. The fraction of sp³-hybridized carbons (Fsp3) is 0.476. The van der Waals surface area contributed by atoms with Crippen molar-refractivity contribution in [3.8, 4) is 11.3 Å². The predicted octanol–water partition coefficient (Wildman–Crippen LogP) is 4.19. The van der Waals surface area contributed by atoms with Crippen LogP contribution in [0.5, 0.6) is 0 Å². The van der Waals surface area contributed by atoms with E-state index >= 15 is 0 Å². The van der Waals surface area contributed by atoms with Gasteiger partial charge >= 0.3 is 0 Å². The number of aromatic nitrogens is 1. The molecule has 1 aromatic heterocycles. The molecule has 1 atom stereocenters. The van der Waals surface area contributed by atoms with Crippen LogP contribution in [0.3, 0.4) is 0 Å². The fourth-order valence-corrected chi connectivity index (χ4v) is 2.79. The van der Waals surface area contributed by atoms with Gasteiger partial charge in [0, 0.05) is 18.2 Å². The summed E-state index contributed by atoms with van der Waals surface area (Å²) in [6.07, 6.45) is 1.05. The Bertz CT molecular complexity index is 668. The number of pyridine rings is 1. The van der Waals surface area contributed by atoms with Gasteiger partial charge in [-0.3, -0.25) is 0 Å². The van der Waals surface area contributed by atoms with E-state index in [9.17, 15) is 9.50 Å². The molecule has 0 aliphatic heterocycles. The van der Waals surface area contributed by atoms with Crippen LogP contribution in [0, 0.1) is 17.7 Å². The maximum Gasteiger partial charge on any atom is 0.146 e. The summed E-state index contributed by atoms with van der Waals surface area (Å²) >= 11 is 0. The molecule has 0 aliphatic carbocycles. The summed E-state index contributed by atoms with van der Waals surface area (Å²) in [6, 6.07) is 11.4. The highest BCUT2D eigenvalue weighted by Crippen LogP contribution is 2.20. The molecule has 0 aliphatic rings. The molecule has 0 amide bonds. The van der Waals surface area contributed by atoms with Gasteiger partial charge in [0.1, 0.15) is 5.82 Å². The molecule has 3 nitrogen and oxygen atoms in total. The number of hydrogen-bond acceptors (Lipinski definition) is 3. The van der Waals surface area contributed by atoms with Crippen molar-refractivity contribution >= 4 is 0 Å². The van der Waals surface area contributed by atoms with Crippen LogP contribution >= 0.6 is 0 Å². The lowest BCUT2D eigenvalue weighted by atomic mass is 10.0. The van der Waals surface area contributed by atoms with Gasteiger partial charge in [-0.25, -0.2) is 9.37 Å².